The van der Waals surface area contributed by atoms with Crippen LogP contribution in [0.3, 0.4) is 0 Å². The van der Waals surface area contributed by atoms with E-state index in [9.17, 15) is 14.4 Å². The van der Waals surface area contributed by atoms with Crippen LogP contribution in [0.5, 0.6) is 0 Å². The number of carbonyl (C=O) groups is 3. The van der Waals surface area contributed by atoms with E-state index in [4.69, 9.17) is 0 Å². The fourth-order valence-electron chi connectivity index (χ4n) is 1.83. The zero-order chi connectivity index (χ0) is 17.5. The van der Waals surface area contributed by atoms with Gasteiger partial charge in [0.15, 0.2) is 0 Å². The van der Waals surface area contributed by atoms with Gasteiger partial charge in [-0.2, -0.15) is 0 Å². The molecule has 7 heteroatoms. The van der Waals surface area contributed by atoms with Crippen LogP contribution in [0.25, 0.3) is 0 Å². The smallest absolute Gasteiger partial charge is 0.269 e. The highest BCUT2D eigenvalue weighted by Crippen LogP contribution is 1.98. The molecule has 0 saturated carbocycles. The molecule has 0 bridgehead atoms. The highest BCUT2D eigenvalue weighted by atomic mass is 16.2. The number of nitrogens with one attached hydrogen (secondary N) is 3. The van der Waals surface area contributed by atoms with Crippen LogP contribution in [0.4, 0.5) is 0 Å². The molecular formula is C16H24N4O3. The van der Waals surface area contributed by atoms with Gasteiger partial charge in [-0.05, 0) is 40.0 Å². The average molecular weight is 320 g/mol. The zero-order valence-electron chi connectivity index (χ0n) is 14.0. The van der Waals surface area contributed by atoms with E-state index < -0.39 is 11.8 Å². The molecule has 3 N–H and O–H groups in total. The minimum Gasteiger partial charge on any atom is -0.350 e. The summed E-state index contributed by atoms with van der Waals surface area (Å²) in [6.45, 7) is 5.74. The lowest BCUT2D eigenvalue weighted by molar-refractivity contribution is -0.125. The van der Waals surface area contributed by atoms with Crippen molar-refractivity contribution in [1.82, 2.24) is 21.1 Å². The molecule has 0 aromatic heterocycles. The second-order valence-electron chi connectivity index (χ2n) is 6.34. The van der Waals surface area contributed by atoms with Crippen LogP contribution in [-0.4, -0.2) is 48.3 Å². The minimum absolute atomic E-state index is 0.00731. The highest BCUT2D eigenvalue weighted by molar-refractivity contribution is 5.95. The van der Waals surface area contributed by atoms with Crippen LogP contribution < -0.4 is 16.2 Å². The first kappa shape index (κ1) is 18.6. The number of hydrazine groups is 1. The van der Waals surface area contributed by atoms with Crippen LogP contribution in [0.15, 0.2) is 30.3 Å². The van der Waals surface area contributed by atoms with Gasteiger partial charge >= 0.3 is 0 Å². The van der Waals surface area contributed by atoms with Crippen LogP contribution in [0, 0.1) is 0 Å². The van der Waals surface area contributed by atoms with Gasteiger partial charge in [0, 0.05) is 11.1 Å². The summed E-state index contributed by atoms with van der Waals surface area (Å²) in [4.78, 5) is 36.8. The van der Waals surface area contributed by atoms with Crippen molar-refractivity contribution in [1.29, 1.82) is 0 Å². The predicted octanol–water partition coefficient (Wildman–Crippen LogP) is 0.294. The molecule has 126 valence electrons. The normalized spacial score (nSPS) is 11.0. The quantitative estimate of drug-likeness (QED) is 0.680. The molecule has 0 radical (unpaired) electrons. The number of hydrogen-bond donors (Lipinski definition) is 3. The topological polar surface area (TPSA) is 90.5 Å². The molecule has 3 amide bonds. The Hall–Kier alpha value is -2.41. The van der Waals surface area contributed by atoms with E-state index in [1.54, 1.807) is 42.3 Å². The SMILES string of the molecule is CN(CC(=O)NNC(=O)c1ccccc1)CC(=O)NC(C)(C)C. The molecule has 0 atom stereocenters. The van der Waals surface area contributed by atoms with E-state index >= 15 is 0 Å². The lowest BCUT2D eigenvalue weighted by Gasteiger charge is -2.23. The van der Waals surface area contributed by atoms with Crippen LogP contribution in [0.2, 0.25) is 0 Å². The van der Waals surface area contributed by atoms with Gasteiger partial charge in [-0.25, -0.2) is 0 Å². The summed E-state index contributed by atoms with van der Waals surface area (Å²) >= 11 is 0. The first-order valence-corrected chi connectivity index (χ1v) is 7.31. The van der Waals surface area contributed by atoms with Gasteiger partial charge in [0.25, 0.3) is 11.8 Å². The van der Waals surface area contributed by atoms with E-state index in [0.29, 0.717) is 5.56 Å². The zero-order valence-corrected chi connectivity index (χ0v) is 14.0. The lowest BCUT2D eigenvalue weighted by atomic mass is 10.1. The van der Waals surface area contributed by atoms with Gasteiger partial charge in [0.05, 0.1) is 13.1 Å². The van der Waals surface area contributed by atoms with Gasteiger partial charge in [-0.15, -0.1) is 0 Å². The van der Waals surface area contributed by atoms with Crippen LogP contribution in [-0.2, 0) is 9.59 Å². The number of amides is 3. The molecule has 1 rings (SSSR count). The highest BCUT2D eigenvalue weighted by Gasteiger charge is 2.16. The number of hydrogen-bond acceptors (Lipinski definition) is 4. The van der Waals surface area contributed by atoms with E-state index in [1.165, 1.54) is 0 Å². The van der Waals surface area contributed by atoms with Gasteiger partial charge < -0.3 is 5.32 Å². The second kappa shape index (κ2) is 8.28. The minimum atomic E-state index is -0.402. The van der Waals surface area contributed by atoms with Gasteiger partial charge in [-0.1, -0.05) is 18.2 Å². The molecular weight excluding hydrogens is 296 g/mol. The molecule has 1 aromatic carbocycles. The summed E-state index contributed by atoms with van der Waals surface area (Å²) in [6.07, 6.45) is 0. The van der Waals surface area contributed by atoms with Crippen molar-refractivity contribution in [3.8, 4) is 0 Å². The maximum Gasteiger partial charge on any atom is 0.269 e. The van der Waals surface area contributed by atoms with Crippen molar-refractivity contribution < 1.29 is 14.4 Å². The van der Waals surface area contributed by atoms with Gasteiger partial charge in [-0.3, -0.25) is 30.1 Å². The first-order chi connectivity index (χ1) is 10.7. The Balaban J connectivity index is 2.33. The summed E-state index contributed by atoms with van der Waals surface area (Å²) in [5, 5.41) is 2.81. The Morgan fingerprint density at radius 2 is 1.52 bits per heavy atom. The van der Waals surface area contributed by atoms with Gasteiger partial charge in [0.1, 0.15) is 0 Å². The van der Waals surface area contributed by atoms with Crippen LogP contribution >= 0.6 is 0 Å². The Labute approximate surface area is 136 Å². The summed E-state index contributed by atoms with van der Waals surface area (Å²) in [5.41, 5.74) is 4.79. The molecule has 0 aliphatic carbocycles. The van der Waals surface area contributed by atoms with Gasteiger partial charge in [0.2, 0.25) is 5.91 Å². The third-order valence-electron chi connectivity index (χ3n) is 2.69. The molecule has 0 unspecified atom stereocenters. The van der Waals surface area contributed by atoms with Crippen molar-refractivity contribution in [2.45, 2.75) is 26.3 Å². The average Bonchev–Trinajstić information content (AvgIpc) is 2.43. The molecule has 1 aromatic rings. The number of benzene rings is 1. The summed E-state index contributed by atoms with van der Waals surface area (Å²) < 4.78 is 0. The van der Waals surface area contributed by atoms with Crippen molar-refractivity contribution in [2.75, 3.05) is 20.1 Å². The molecule has 0 heterocycles. The number of likely N-dealkylation sites (N-methyl/N-ethyl adjacent to an activating group) is 1. The summed E-state index contributed by atoms with van der Waals surface area (Å²) in [7, 11) is 1.65. The summed E-state index contributed by atoms with van der Waals surface area (Å²) in [6, 6.07) is 8.55. The summed E-state index contributed by atoms with van der Waals surface area (Å²) in [5.74, 6) is -0.964. The largest absolute Gasteiger partial charge is 0.350 e. The Morgan fingerprint density at radius 3 is 2.09 bits per heavy atom. The number of nitrogens with zero attached hydrogens (tertiary/aromatic N) is 1. The van der Waals surface area contributed by atoms with Crippen molar-refractivity contribution in [3.05, 3.63) is 35.9 Å². The third-order valence-corrected chi connectivity index (χ3v) is 2.69. The van der Waals surface area contributed by atoms with E-state index in [-0.39, 0.29) is 24.5 Å². The molecule has 7 nitrogen and oxygen atoms in total. The molecule has 0 saturated heterocycles. The van der Waals surface area contributed by atoms with E-state index in [1.807, 2.05) is 20.8 Å². The maximum absolute atomic E-state index is 11.8. The monoisotopic (exact) mass is 320 g/mol. The fourth-order valence-corrected chi connectivity index (χ4v) is 1.83. The van der Waals surface area contributed by atoms with E-state index in [2.05, 4.69) is 16.2 Å². The standard InChI is InChI=1S/C16H24N4O3/c1-16(2,3)17-13(21)10-20(4)11-14(22)18-19-15(23)12-8-6-5-7-9-12/h5-9H,10-11H2,1-4H3,(H,17,21)(H,18,22)(H,19,23). The van der Waals surface area contributed by atoms with Crippen molar-refractivity contribution in [2.24, 2.45) is 0 Å². The Kier molecular flexibility index (Phi) is 6.71. The fraction of sp³-hybridized carbons (Fsp3) is 0.438. The third kappa shape index (κ3) is 7.96. The van der Waals surface area contributed by atoms with Crippen LogP contribution in [0.1, 0.15) is 31.1 Å². The number of carbonyl (C=O) groups excluding carboxylic acids is 3. The Morgan fingerprint density at radius 1 is 0.957 bits per heavy atom. The lowest BCUT2D eigenvalue weighted by Crippen LogP contribution is -2.49. The molecule has 23 heavy (non-hydrogen) atoms. The first-order valence-electron chi connectivity index (χ1n) is 7.31. The van der Waals surface area contributed by atoms with E-state index in [0.717, 1.165) is 0 Å². The maximum atomic E-state index is 11.8. The Bertz CT molecular complexity index is 552. The van der Waals surface area contributed by atoms with Crippen molar-refractivity contribution in [3.63, 3.8) is 0 Å². The predicted molar refractivity (Wildman–Crippen MR) is 87.4 cm³/mol. The molecule has 0 aliphatic rings. The number of rotatable bonds is 5. The van der Waals surface area contributed by atoms with Crippen molar-refractivity contribution >= 4 is 17.7 Å². The molecule has 0 fully saturated rings. The molecule has 0 aliphatic heterocycles. The second-order valence-corrected chi connectivity index (χ2v) is 6.34. The molecule has 0 spiro atoms.